The fourth-order valence-corrected chi connectivity index (χ4v) is 3.61. The Balaban J connectivity index is 1.87. The zero-order valence-corrected chi connectivity index (χ0v) is 18.7. The molecule has 1 fully saturated rings. The molecule has 182 valence electrons. The van der Waals surface area contributed by atoms with Crippen LogP contribution in [-0.4, -0.2) is 85.7 Å². The van der Waals surface area contributed by atoms with Gasteiger partial charge in [-0.15, -0.1) is 0 Å². The summed E-state index contributed by atoms with van der Waals surface area (Å²) in [6.45, 7) is -0.568. The molecule has 0 bridgehead atoms. The van der Waals surface area contributed by atoms with E-state index in [1.165, 1.54) is 27.4 Å². The van der Waals surface area contributed by atoms with Crippen LogP contribution in [0.3, 0.4) is 0 Å². The third-order valence-corrected chi connectivity index (χ3v) is 5.39. The lowest BCUT2D eigenvalue weighted by Gasteiger charge is -2.29. The van der Waals surface area contributed by atoms with Crippen LogP contribution in [0.25, 0.3) is 0 Å². The average Bonchev–Trinajstić information content (AvgIpc) is 3.12. The summed E-state index contributed by atoms with van der Waals surface area (Å²) in [4.78, 5) is 0. The zero-order valence-electron chi connectivity index (χ0n) is 18.7. The highest BCUT2D eigenvalue weighted by atomic mass is 16.7. The quantitative estimate of drug-likeness (QED) is 0.380. The number of hydrogen-bond acceptors (Lipinski definition) is 10. The van der Waals surface area contributed by atoms with Crippen LogP contribution in [-0.2, 0) is 14.2 Å². The van der Waals surface area contributed by atoms with Gasteiger partial charge < -0.3 is 48.8 Å². The largest absolute Gasteiger partial charge is 0.504 e. The summed E-state index contributed by atoms with van der Waals surface area (Å²) in [6.07, 6.45) is -6.10. The van der Waals surface area contributed by atoms with Crippen molar-refractivity contribution >= 4 is 0 Å². The molecule has 3 rings (SSSR count). The lowest BCUT2D eigenvalue weighted by molar-refractivity contribution is -0.163. The molecule has 6 atom stereocenters. The SMILES string of the molecule is COc1cc([C@@H](OC[C@@H]2O[C@@H](OC)[C@H](O)[C@H]2O)[C@@H](CO)Oc2ccccc2OC)ccc1O. The molecule has 0 aliphatic carbocycles. The number of benzene rings is 2. The first-order valence-corrected chi connectivity index (χ1v) is 10.4. The lowest BCUT2D eigenvalue weighted by Crippen LogP contribution is -2.37. The van der Waals surface area contributed by atoms with Gasteiger partial charge in [-0.3, -0.25) is 0 Å². The van der Waals surface area contributed by atoms with Gasteiger partial charge in [-0.1, -0.05) is 18.2 Å². The van der Waals surface area contributed by atoms with Crippen molar-refractivity contribution in [1.29, 1.82) is 0 Å². The monoisotopic (exact) mass is 466 g/mol. The van der Waals surface area contributed by atoms with Crippen LogP contribution in [0.15, 0.2) is 42.5 Å². The normalized spacial score (nSPS) is 24.3. The van der Waals surface area contributed by atoms with Gasteiger partial charge in [0.2, 0.25) is 0 Å². The van der Waals surface area contributed by atoms with Crippen molar-refractivity contribution in [2.75, 3.05) is 34.5 Å². The Bertz CT molecular complexity index is 891. The third kappa shape index (κ3) is 5.67. The van der Waals surface area contributed by atoms with E-state index in [1.807, 2.05) is 0 Å². The second-order valence-electron chi connectivity index (χ2n) is 7.43. The highest BCUT2D eigenvalue weighted by molar-refractivity contribution is 5.43. The molecule has 10 heteroatoms. The molecule has 33 heavy (non-hydrogen) atoms. The molecule has 2 aromatic rings. The van der Waals surface area contributed by atoms with Gasteiger partial charge in [0.25, 0.3) is 0 Å². The molecule has 1 aliphatic rings. The Hall–Kier alpha value is -2.60. The molecular formula is C23H30O10. The number of aliphatic hydroxyl groups excluding tert-OH is 3. The Morgan fingerprint density at radius 3 is 2.24 bits per heavy atom. The van der Waals surface area contributed by atoms with Crippen molar-refractivity contribution < 1.29 is 48.8 Å². The summed E-state index contributed by atoms with van der Waals surface area (Å²) in [5, 5.41) is 40.5. The first-order chi connectivity index (χ1) is 15.9. The Kier molecular flexibility index (Phi) is 8.73. The molecule has 1 heterocycles. The van der Waals surface area contributed by atoms with E-state index < -0.39 is 43.4 Å². The van der Waals surface area contributed by atoms with Crippen molar-refractivity contribution in [3.8, 4) is 23.0 Å². The van der Waals surface area contributed by atoms with Crippen LogP contribution in [0.1, 0.15) is 11.7 Å². The predicted octanol–water partition coefficient (Wildman–Crippen LogP) is 1.00. The number of phenolic OH excluding ortho intramolecular Hbond substituents is 1. The summed E-state index contributed by atoms with van der Waals surface area (Å²) in [7, 11) is 4.28. The van der Waals surface area contributed by atoms with Crippen molar-refractivity contribution in [2.45, 2.75) is 36.8 Å². The second kappa shape index (κ2) is 11.5. The van der Waals surface area contributed by atoms with Crippen LogP contribution in [0.5, 0.6) is 23.0 Å². The maximum absolute atomic E-state index is 10.3. The van der Waals surface area contributed by atoms with E-state index in [0.717, 1.165) is 0 Å². The molecule has 0 radical (unpaired) electrons. The zero-order chi connectivity index (χ0) is 24.0. The van der Waals surface area contributed by atoms with Gasteiger partial charge in [0.15, 0.2) is 35.4 Å². The molecule has 2 aromatic carbocycles. The average molecular weight is 466 g/mol. The van der Waals surface area contributed by atoms with Crippen molar-refractivity contribution in [1.82, 2.24) is 0 Å². The van der Waals surface area contributed by atoms with Gasteiger partial charge in [0.05, 0.1) is 27.4 Å². The maximum atomic E-state index is 10.3. The minimum atomic E-state index is -1.23. The molecule has 10 nitrogen and oxygen atoms in total. The smallest absolute Gasteiger partial charge is 0.186 e. The maximum Gasteiger partial charge on any atom is 0.186 e. The van der Waals surface area contributed by atoms with Gasteiger partial charge in [-0.25, -0.2) is 0 Å². The molecule has 4 N–H and O–H groups in total. The van der Waals surface area contributed by atoms with E-state index in [0.29, 0.717) is 17.1 Å². The number of hydrogen-bond donors (Lipinski definition) is 4. The Morgan fingerprint density at radius 2 is 1.64 bits per heavy atom. The summed E-state index contributed by atoms with van der Waals surface area (Å²) in [5.41, 5.74) is 0.537. The van der Waals surface area contributed by atoms with E-state index in [4.69, 9.17) is 28.4 Å². The summed E-state index contributed by atoms with van der Waals surface area (Å²) in [5.74, 6) is 1.01. The highest BCUT2D eigenvalue weighted by Crippen LogP contribution is 2.35. The van der Waals surface area contributed by atoms with Gasteiger partial charge in [0.1, 0.15) is 24.4 Å². The van der Waals surface area contributed by atoms with E-state index in [2.05, 4.69) is 0 Å². The summed E-state index contributed by atoms with van der Waals surface area (Å²) >= 11 is 0. The molecule has 0 saturated carbocycles. The fraction of sp³-hybridized carbons (Fsp3) is 0.478. The number of methoxy groups -OCH3 is 3. The topological polar surface area (TPSA) is 136 Å². The number of para-hydroxylation sites is 2. The van der Waals surface area contributed by atoms with E-state index in [9.17, 15) is 20.4 Å². The molecule has 1 saturated heterocycles. The highest BCUT2D eigenvalue weighted by Gasteiger charge is 2.43. The van der Waals surface area contributed by atoms with Crippen LogP contribution < -0.4 is 14.2 Å². The van der Waals surface area contributed by atoms with Crippen LogP contribution in [0.4, 0.5) is 0 Å². The Morgan fingerprint density at radius 1 is 0.939 bits per heavy atom. The number of rotatable bonds is 11. The number of phenols is 1. The van der Waals surface area contributed by atoms with Gasteiger partial charge in [0, 0.05) is 7.11 Å². The fourth-order valence-electron chi connectivity index (χ4n) is 3.61. The molecule has 0 spiro atoms. The molecule has 1 aliphatic heterocycles. The molecule has 0 aromatic heterocycles. The second-order valence-corrected chi connectivity index (χ2v) is 7.43. The minimum absolute atomic E-state index is 0.0631. The summed E-state index contributed by atoms with van der Waals surface area (Å²) in [6, 6.07) is 11.6. The number of aliphatic hydroxyl groups is 3. The van der Waals surface area contributed by atoms with Crippen molar-refractivity contribution in [2.24, 2.45) is 0 Å². The standard InChI is InChI=1S/C23H30O10/c1-28-15-6-4-5-7-16(15)32-18(11-24)22(13-8-9-14(25)17(10-13)29-2)31-12-19-20(26)21(27)23(30-3)33-19/h4-10,18-27H,11-12H2,1-3H3/t18-,19+,20+,21-,22-,23-/m1/s1. The number of ether oxygens (including phenoxy) is 6. The van der Waals surface area contributed by atoms with Crippen molar-refractivity contribution in [3.05, 3.63) is 48.0 Å². The van der Waals surface area contributed by atoms with Crippen LogP contribution >= 0.6 is 0 Å². The van der Waals surface area contributed by atoms with Gasteiger partial charge in [-0.05, 0) is 29.8 Å². The van der Waals surface area contributed by atoms with Crippen LogP contribution in [0, 0.1) is 0 Å². The number of aromatic hydroxyl groups is 1. The molecule has 0 amide bonds. The van der Waals surface area contributed by atoms with Crippen molar-refractivity contribution in [3.63, 3.8) is 0 Å². The minimum Gasteiger partial charge on any atom is -0.504 e. The summed E-state index contributed by atoms with van der Waals surface area (Å²) < 4.78 is 33.1. The lowest BCUT2D eigenvalue weighted by atomic mass is 10.0. The predicted molar refractivity (Wildman–Crippen MR) is 116 cm³/mol. The van der Waals surface area contributed by atoms with E-state index >= 15 is 0 Å². The first-order valence-electron chi connectivity index (χ1n) is 10.4. The van der Waals surface area contributed by atoms with Crippen LogP contribution in [0.2, 0.25) is 0 Å². The van der Waals surface area contributed by atoms with Gasteiger partial charge >= 0.3 is 0 Å². The first kappa shape index (κ1) is 25.0. The van der Waals surface area contributed by atoms with Gasteiger partial charge in [-0.2, -0.15) is 0 Å². The molecular weight excluding hydrogens is 436 g/mol. The molecule has 0 unspecified atom stereocenters. The third-order valence-electron chi connectivity index (χ3n) is 5.39. The van der Waals surface area contributed by atoms with E-state index in [1.54, 1.807) is 36.4 Å². The Labute approximate surface area is 191 Å². The van der Waals surface area contributed by atoms with E-state index in [-0.39, 0.29) is 18.1 Å².